The van der Waals surface area contributed by atoms with Crippen LogP contribution in [0.15, 0.2) is 18.2 Å². The number of carbonyl (C=O) groups excluding carboxylic acids is 2. The van der Waals surface area contributed by atoms with Gasteiger partial charge in [0, 0.05) is 37.9 Å². The molecule has 0 unspecified atom stereocenters. The number of nitrogens with zero attached hydrogens (tertiary/aromatic N) is 2. The Labute approximate surface area is 158 Å². The molecule has 1 heterocycles. The maximum Gasteiger partial charge on any atom is 0.318 e. The maximum atomic E-state index is 12.3. The Morgan fingerprint density at radius 1 is 1.00 bits per heavy atom. The van der Waals surface area contributed by atoms with E-state index in [4.69, 9.17) is 23.2 Å². The van der Waals surface area contributed by atoms with E-state index in [1.54, 1.807) is 17.9 Å². The maximum absolute atomic E-state index is 12.3. The Kier molecular flexibility index (Phi) is 6.79. The first-order valence-corrected chi connectivity index (χ1v) is 9.09. The topological polar surface area (TPSA) is 64.7 Å². The van der Waals surface area contributed by atoms with E-state index in [0.29, 0.717) is 36.2 Å². The van der Waals surface area contributed by atoms with Crippen molar-refractivity contribution in [2.45, 2.75) is 32.9 Å². The molecular weight excluding hydrogens is 363 g/mol. The van der Waals surface area contributed by atoms with Crippen LogP contribution in [0.5, 0.6) is 0 Å². The highest BCUT2D eigenvalue weighted by molar-refractivity contribution is 6.42. The Bertz CT molecular complexity index is 631. The van der Waals surface area contributed by atoms with Crippen molar-refractivity contribution in [2.75, 3.05) is 31.1 Å². The Morgan fingerprint density at radius 2 is 1.64 bits per heavy atom. The molecule has 1 aromatic rings. The molecule has 25 heavy (non-hydrogen) atoms. The molecular formula is C17H24Cl2N4O2. The third kappa shape index (κ3) is 5.41. The lowest BCUT2D eigenvalue weighted by Gasteiger charge is -2.36. The van der Waals surface area contributed by atoms with Gasteiger partial charge in [-0.3, -0.25) is 4.79 Å². The molecule has 2 N–H and O–H groups in total. The highest BCUT2D eigenvalue weighted by atomic mass is 35.5. The van der Waals surface area contributed by atoms with Crippen molar-refractivity contribution in [1.29, 1.82) is 0 Å². The van der Waals surface area contributed by atoms with Crippen molar-refractivity contribution in [1.82, 2.24) is 15.5 Å². The predicted molar refractivity (Wildman–Crippen MR) is 102 cm³/mol. The minimum absolute atomic E-state index is 0.0431. The average molecular weight is 387 g/mol. The van der Waals surface area contributed by atoms with E-state index in [9.17, 15) is 9.59 Å². The summed E-state index contributed by atoms with van der Waals surface area (Å²) in [5.41, 5.74) is 0.985. The molecule has 1 aliphatic rings. The van der Waals surface area contributed by atoms with Crippen molar-refractivity contribution < 1.29 is 9.59 Å². The van der Waals surface area contributed by atoms with Gasteiger partial charge in [0.05, 0.1) is 10.0 Å². The lowest BCUT2D eigenvalue weighted by atomic mass is 10.2. The molecule has 3 amide bonds. The summed E-state index contributed by atoms with van der Waals surface area (Å²) in [6.45, 7) is 7.98. The molecule has 0 spiro atoms. The van der Waals surface area contributed by atoms with Gasteiger partial charge < -0.3 is 20.4 Å². The molecule has 0 bridgehead atoms. The zero-order valence-electron chi connectivity index (χ0n) is 14.7. The molecule has 0 saturated carbocycles. The fraction of sp³-hybridized carbons (Fsp3) is 0.529. The molecule has 1 saturated heterocycles. The Morgan fingerprint density at radius 3 is 2.20 bits per heavy atom. The molecule has 1 atom stereocenters. The normalized spacial score (nSPS) is 15.9. The molecule has 2 rings (SSSR count). The number of piperazine rings is 1. The SMILES string of the molecule is CC(C)NC(=O)[C@@H](C)NC(=O)N1CCN(c2ccc(Cl)c(Cl)c2)CC1. The fourth-order valence-electron chi connectivity index (χ4n) is 2.60. The molecule has 1 aromatic carbocycles. The summed E-state index contributed by atoms with van der Waals surface area (Å²) < 4.78 is 0. The number of benzene rings is 1. The molecule has 0 aliphatic carbocycles. The lowest BCUT2D eigenvalue weighted by Crippen LogP contribution is -2.55. The molecule has 138 valence electrons. The van der Waals surface area contributed by atoms with Crippen LogP contribution in [0.4, 0.5) is 10.5 Å². The Hall–Kier alpha value is -1.66. The number of amides is 3. The number of nitrogens with one attached hydrogen (secondary N) is 2. The van der Waals surface area contributed by atoms with E-state index in [0.717, 1.165) is 5.69 Å². The van der Waals surface area contributed by atoms with Crippen LogP contribution >= 0.6 is 23.2 Å². The standard InChI is InChI=1S/C17H24Cl2N4O2/c1-11(2)20-16(24)12(3)21-17(25)23-8-6-22(7-9-23)13-4-5-14(18)15(19)10-13/h4-5,10-12H,6-9H2,1-3H3,(H,20,24)(H,21,25)/t12-/m1/s1. The molecule has 6 nitrogen and oxygen atoms in total. The van der Waals surface area contributed by atoms with Gasteiger partial charge in [-0.25, -0.2) is 4.79 Å². The van der Waals surface area contributed by atoms with Crippen LogP contribution in [-0.2, 0) is 4.79 Å². The predicted octanol–water partition coefficient (Wildman–Crippen LogP) is 2.74. The minimum Gasteiger partial charge on any atom is -0.368 e. The lowest BCUT2D eigenvalue weighted by molar-refractivity contribution is -0.123. The van der Waals surface area contributed by atoms with Crippen molar-refractivity contribution in [3.63, 3.8) is 0 Å². The van der Waals surface area contributed by atoms with Crippen LogP contribution < -0.4 is 15.5 Å². The average Bonchev–Trinajstić information content (AvgIpc) is 2.56. The number of hydrogen-bond acceptors (Lipinski definition) is 3. The number of carbonyl (C=O) groups is 2. The van der Waals surface area contributed by atoms with Crippen LogP contribution in [-0.4, -0.2) is 55.1 Å². The van der Waals surface area contributed by atoms with Gasteiger partial charge in [-0.15, -0.1) is 0 Å². The van der Waals surface area contributed by atoms with Crippen molar-refractivity contribution in [3.8, 4) is 0 Å². The van der Waals surface area contributed by atoms with Crippen molar-refractivity contribution >= 4 is 40.8 Å². The summed E-state index contributed by atoms with van der Waals surface area (Å²) in [5.74, 6) is -0.183. The summed E-state index contributed by atoms with van der Waals surface area (Å²) in [5, 5.41) is 6.57. The van der Waals surface area contributed by atoms with Gasteiger partial charge in [-0.1, -0.05) is 23.2 Å². The van der Waals surface area contributed by atoms with Gasteiger partial charge in [0.25, 0.3) is 0 Å². The molecule has 0 aromatic heterocycles. The Balaban J connectivity index is 1.85. The second kappa shape index (κ2) is 8.63. The second-order valence-electron chi connectivity index (χ2n) is 6.41. The van der Waals surface area contributed by atoms with E-state index in [-0.39, 0.29) is 18.0 Å². The van der Waals surface area contributed by atoms with Crippen LogP contribution in [0.2, 0.25) is 10.0 Å². The van der Waals surface area contributed by atoms with Gasteiger partial charge in [-0.2, -0.15) is 0 Å². The van der Waals surface area contributed by atoms with Crippen LogP contribution in [0, 0.1) is 0 Å². The number of hydrogen-bond donors (Lipinski definition) is 2. The van der Waals surface area contributed by atoms with Crippen molar-refractivity contribution in [2.24, 2.45) is 0 Å². The molecule has 8 heteroatoms. The van der Waals surface area contributed by atoms with Gasteiger partial charge in [0.15, 0.2) is 0 Å². The largest absolute Gasteiger partial charge is 0.368 e. The summed E-state index contributed by atoms with van der Waals surface area (Å²) in [4.78, 5) is 28.1. The van der Waals surface area contributed by atoms with E-state index >= 15 is 0 Å². The van der Waals surface area contributed by atoms with Crippen molar-refractivity contribution in [3.05, 3.63) is 28.2 Å². The zero-order chi connectivity index (χ0) is 18.6. The summed E-state index contributed by atoms with van der Waals surface area (Å²) in [7, 11) is 0. The summed E-state index contributed by atoms with van der Waals surface area (Å²) in [6, 6.07) is 4.78. The monoisotopic (exact) mass is 386 g/mol. The van der Waals surface area contributed by atoms with E-state index < -0.39 is 6.04 Å². The molecule has 0 radical (unpaired) electrons. The first kappa shape index (κ1) is 19.7. The summed E-state index contributed by atoms with van der Waals surface area (Å²) >= 11 is 12.0. The molecule has 1 fully saturated rings. The molecule has 1 aliphatic heterocycles. The third-order valence-corrected chi connectivity index (χ3v) is 4.74. The van der Waals surface area contributed by atoms with Crippen LogP contribution in [0.1, 0.15) is 20.8 Å². The van der Waals surface area contributed by atoms with Gasteiger partial charge >= 0.3 is 6.03 Å². The van der Waals surface area contributed by atoms with E-state index in [1.165, 1.54) is 0 Å². The number of anilines is 1. The highest BCUT2D eigenvalue weighted by Crippen LogP contribution is 2.27. The fourth-order valence-corrected chi connectivity index (χ4v) is 2.89. The van der Waals surface area contributed by atoms with Gasteiger partial charge in [0.2, 0.25) is 5.91 Å². The third-order valence-electron chi connectivity index (χ3n) is 4.00. The summed E-state index contributed by atoms with van der Waals surface area (Å²) in [6.07, 6.45) is 0. The minimum atomic E-state index is -0.567. The first-order chi connectivity index (χ1) is 11.8. The zero-order valence-corrected chi connectivity index (χ0v) is 16.2. The number of halogens is 2. The number of urea groups is 1. The second-order valence-corrected chi connectivity index (χ2v) is 7.22. The van der Waals surface area contributed by atoms with E-state index in [2.05, 4.69) is 15.5 Å². The van der Waals surface area contributed by atoms with Gasteiger partial charge in [0.1, 0.15) is 6.04 Å². The van der Waals surface area contributed by atoms with Crippen LogP contribution in [0.25, 0.3) is 0 Å². The smallest absolute Gasteiger partial charge is 0.318 e. The van der Waals surface area contributed by atoms with Gasteiger partial charge in [-0.05, 0) is 39.0 Å². The van der Waals surface area contributed by atoms with Crippen LogP contribution in [0.3, 0.4) is 0 Å². The first-order valence-electron chi connectivity index (χ1n) is 8.33. The highest BCUT2D eigenvalue weighted by Gasteiger charge is 2.24. The van der Waals surface area contributed by atoms with E-state index in [1.807, 2.05) is 26.0 Å². The number of rotatable bonds is 4. The quantitative estimate of drug-likeness (QED) is 0.835.